The number of benzene rings is 1. The van der Waals surface area contributed by atoms with E-state index in [-0.39, 0.29) is 29.1 Å². The molecule has 148 valence electrons. The van der Waals surface area contributed by atoms with Crippen LogP contribution in [-0.4, -0.2) is 25.7 Å². The molecule has 2 aromatic heterocycles. The maximum absolute atomic E-state index is 13.2. The van der Waals surface area contributed by atoms with Crippen LogP contribution in [0.3, 0.4) is 0 Å². The Hall–Kier alpha value is -3.06. The summed E-state index contributed by atoms with van der Waals surface area (Å²) in [7, 11) is 0. The Morgan fingerprint density at radius 3 is 2.52 bits per heavy atom. The second kappa shape index (κ2) is 7.40. The molecule has 0 unspecified atom stereocenters. The summed E-state index contributed by atoms with van der Waals surface area (Å²) >= 11 is 5.86. The molecule has 1 aliphatic carbocycles. The molecule has 7 nitrogen and oxygen atoms in total. The number of halogens is 1. The van der Waals surface area contributed by atoms with Crippen LogP contribution < -0.4 is 11.2 Å². The van der Waals surface area contributed by atoms with Gasteiger partial charge in [-0.3, -0.25) is 23.5 Å². The van der Waals surface area contributed by atoms with Gasteiger partial charge < -0.3 is 0 Å². The fraction of sp³-hybridized carbons (Fsp3) is 0.286. The molecule has 0 radical (unpaired) electrons. The van der Waals surface area contributed by atoms with Gasteiger partial charge in [0.1, 0.15) is 5.65 Å². The second-order valence-corrected chi connectivity index (χ2v) is 7.41. The molecule has 0 fully saturated rings. The summed E-state index contributed by atoms with van der Waals surface area (Å²) in [5.41, 5.74) is 0.472. The number of ketones is 2. The van der Waals surface area contributed by atoms with E-state index in [1.54, 1.807) is 31.2 Å². The molecule has 0 spiro atoms. The molecule has 8 heteroatoms. The number of fused-ring (bicyclic) bond motifs is 3. The minimum absolute atomic E-state index is 0.0573. The lowest BCUT2D eigenvalue weighted by molar-refractivity contribution is 0.0961. The number of Topliss-reactive ketones (excluding diaryl/α,β-unsaturated/α-hetero) is 2. The van der Waals surface area contributed by atoms with Crippen LogP contribution in [0.1, 0.15) is 46.0 Å². The minimum atomic E-state index is -0.595. The first-order valence-corrected chi connectivity index (χ1v) is 9.77. The van der Waals surface area contributed by atoms with E-state index in [4.69, 9.17) is 11.6 Å². The standard InChI is InChI=1S/C21H18ClN3O4/c1-2-24-19-18(14-4-3-5-16(26)15(14)10-23-19)20(28)25(21(24)29)11-17(27)12-6-8-13(22)9-7-12/h6-10H,2-5,11H2,1H3. The predicted molar refractivity (Wildman–Crippen MR) is 109 cm³/mol. The monoisotopic (exact) mass is 411 g/mol. The molecular formula is C21H18ClN3O4. The predicted octanol–water partition coefficient (Wildman–Crippen LogP) is 2.63. The van der Waals surface area contributed by atoms with E-state index in [0.717, 1.165) is 4.57 Å². The number of rotatable bonds is 4. The highest BCUT2D eigenvalue weighted by atomic mass is 35.5. The number of carbonyl (C=O) groups excluding carboxylic acids is 2. The quantitative estimate of drug-likeness (QED) is 0.615. The van der Waals surface area contributed by atoms with E-state index in [9.17, 15) is 19.2 Å². The van der Waals surface area contributed by atoms with Crippen molar-refractivity contribution in [1.29, 1.82) is 0 Å². The van der Waals surface area contributed by atoms with Crippen molar-refractivity contribution in [2.75, 3.05) is 0 Å². The minimum Gasteiger partial charge on any atom is -0.294 e. The van der Waals surface area contributed by atoms with E-state index in [2.05, 4.69) is 4.98 Å². The van der Waals surface area contributed by atoms with Gasteiger partial charge in [0, 0.05) is 35.3 Å². The zero-order valence-corrected chi connectivity index (χ0v) is 16.5. The lowest BCUT2D eigenvalue weighted by Gasteiger charge is -2.18. The molecule has 4 rings (SSSR count). The van der Waals surface area contributed by atoms with Crippen LogP contribution in [0.2, 0.25) is 5.02 Å². The summed E-state index contributed by atoms with van der Waals surface area (Å²) < 4.78 is 2.30. The van der Waals surface area contributed by atoms with E-state index in [0.29, 0.717) is 41.0 Å². The molecule has 3 aromatic rings. The molecule has 0 amide bonds. The highest BCUT2D eigenvalue weighted by molar-refractivity contribution is 6.30. The lowest BCUT2D eigenvalue weighted by Crippen LogP contribution is -2.42. The summed E-state index contributed by atoms with van der Waals surface area (Å²) in [4.78, 5) is 55.4. The molecule has 1 aromatic carbocycles. The number of aryl methyl sites for hydroxylation is 2. The maximum atomic E-state index is 13.2. The van der Waals surface area contributed by atoms with Gasteiger partial charge in [-0.2, -0.15) is 0 Å². The van der Waals surface area contributed by atoms with Crippen LogP contribution in [-0.2, 0) is 19.5 Å². The zero-order valence-electron chi connectivity index (χ0n) is 15.8. The third-order valence-electron chi connectivity index (χ3n) is 5.26. The smallest absolute Gasteiger partial charge is 0.294 e. The van der Waals surface area contributed by atoms with Gasteiger partial charge in [0.2, 0.25) is 0 Å². The van der Waals surface area contributed by atoms with E-state index >= 15 is 0 Å². The summed E-state index contributed by atoms with van der Waals surface area (Å²) in [6.45, 7) is 1.65. The van der Waals surface area contributed by atoms with Crippen molar-refractivity contribution in [3.05, 3.63) is 73.0 Å². The normalized spacial score (nSPS) is 13.5. The number of pyridine rings is 1. The van der Waals surface area contributed by atoms with Crippen molar-refractivity contribution in [2.45, 2.75) is 39.3 Å². The zero-order chi connectivity index (χ0) is 20.7. The first-order chi connectivity index (χ1) is 13.9. The highest BCUT2D eigenvalue weighted by Crippen LogP contribution is 2.25. The van der Waals surface area contributed by atoms with Gasteiger partial charge in [0.05, 0.1) is 11.9 Å². The van der Waals surface area contributed by atoms with Crippen molar-refractivity contribution < 1.29 is 9.59 Å². The Bertz CT molecular complexity index is 1270. The first-order valence-electron chi connectivity index (χ1n) is 9.39. The topological polar surface area (TPSA) is 91.0 Å². The fourth-order valence-electron chi connectivity index (χ4n) is 3.78. The van der Waals surface area contributed by atoms with Gasteiger partial charge in [0.25, 0.3) is 5.56 Å². The summed E-state index contributed by atoms with van der Waals surface area (Å²) in [5.74, 6) is -0.435. The van der Waals surface area contributed by atoms with Crippen LogP contribution in [0.25, 0.3) is 11.0 Å². The molecule has 0 saturated carbocycles. The lowest BCUT2D eigenvalue weighted by atomic mass is 9.90. The summed E-state index contributed by atoms with van der Waals surface area (Å²) in [6, 6.07) is 6.26. The summed E-state index contributed by atoms with van der Waals surface area (Å²) in [6.07, 6.45) is 3.06. The Kier molecular flexibility index (Phi) is 4.92. The molecule has 29 heavy (non-hydrogen) atoms. The molecule has 2 heterocycles. The SMILES string of the molecule is CCn1c(=O)n(CC(=O)c2ccc(Cl)cc2)c(=O)c2c3c(cnc21)C(=O)CCC3. The van der Waals surface area contributed by atoms with Crippen LogP contribution in [0.5, 0.6) is 0 Å². The van der Waals surface area contributed by atoms with E-state index in [1.165, 1.54) is 10.8 Å². The van der Waals surface area contributed by atoms with Crippen LogP contribution in [0, 0.1) is 0 Å². The number of nitrogens with zero attached hydrogens (tertiary/aromatic N) is 3. The van der Waals surface area contributed by atoms with Gasteiger partial charge in [-0.25, -0.2) is 9.78 Å². The highest BCUT2D eigenvalue weighted by Gasteiger charge is 2.25. The first kappa shape index (κ1) is 19.3. The third-order valence-corrected chi connectivity index (χ3v) is 5.51. The Morgan fingerprint density at radius 2 is 1.83 bits per heavy atom. The number of hydrogen-bond acceptors (Lipinski definition) is 5. The van der Waals surface area contributed by atoms with Crippen molar-refractivity contribution in [3.8, 4) is 0 Å². The average molecular weight is 412 g/mol. The van der Waals surface area contributed by atoms with Crippen LogP contribution >= 0.6 is 11.6 Å². The van der Waals surface area contributed by atoms with E-state index in [1.807, 2.05) is 0 Å². The third kappa shape index (κ3) is 3.21. The molecule has 1 aliphatic rings. The maximum Gasteiger partial charge on any atom is 0.333 e. The Labute approximate surface area is 170 Å². The van der Waals surface area contributed by atoms with E-state index < -0.39 is 17.8 Å². The van der Waals surface area contributed by atoms with Crippen molar-refractivity contribution in [1.82, 2.24) is 14.1 Å². The second-order valence-electron chi connectivity index (χ2n) is 6.97. The van der Waals surface area contributed by atoms with Crippen molar-refractivity contribution in [2.24, 2.45) is 0 Å². The largest absolute Gasteiger partial charge is 0.333 e. The molecular weight excluding hydrogens is 394 g/mol. The van der Waals surface area contributed by atoms with Crippen LogP contribution in [0.4, 0.5) is 0 Å². The summed E-state index contributed by atoms with van der Waals surface area (Å²) in [5, 5.41) is 0.737. The fourth-order valence-corrected chi connectivity index (χ4v) is 3.91. The van der Waals surface area contributed by atoms with Gasteiger partial charge >= 0.3 is 5.69 Å². The average Bonchev–Trinajstić information content (AvgIpc) is 2.71. The molecule has 0 saturated heterocycles. The van der Waals surface area contributed by atoms with Gasteiger partial charge in [-0.05, 0) is 49.6 Å². The van der Waals surface area contributed by atoms with Gasteiger partial charge in [-0.1, -0.05) is 11.6 Å². The number of aromatic nitrogens is 3. The number of carbonyl (C=O) groups is 2. The molecule has 0 aliphatic heterocycles. The van der Waals surface area contributed by atoms with Crippen molar-refractivity contribution >= 4 is 34.2 Å². The Balaban J connectivity index is 1.93. The molecule has 0 bridgehead atoms. The van der Waals surface area contributed by atoms with Crippen LogP contribution in [0.15, 0.2) is 40.1 Å². The molecule has 0 atom stereocenters. The number of hydrogen-bond donors (Lipinski definition) is 0. The van der Waals surface area contributed by atoms with Crippen molar-refractivity contribution in [3.63, 3.8) is 0 Å². The molecule has 0 N–H and O–H groups in total. The van der Waals surface area contributed by atoms with Gasteiger partial charge in [-0.15, -0.1) is 0 Å². The van der Waals surface area contributed by atoms with Gasteiger partial charge in [0.15, 0.2) is 11.6 Å². The Morgan fingerprint density at radius 1 is 1.10 bits per heavy atom.